The van der Waals surface area contributed by atoms with Crippen LogP contribution in [0.15, 0.2) is 36.4 Å². The van der Waals surface area contributed by atoms with Gasteiger partial charge in [0.1, 0.15) is 5.69 Å². The van der Waals surface area contributed by atoms with E-state index in [-0.39, 0.29) is 5.56 Å². The molecule has 1 heterocycles. The minimum atomic E-state index is -0.940. The Morgan fingerprint density at radius 1 is 1.10 bits per heavy atom. The highest BCUT2D eigenvalue weighted by molar-refractivity contribution is 6.08. The van der Waals surface area contributed by atoms with Crippen LogP contribution < -0.4 is 0 Å². The summed E-state index contributed by atoms with van der Waals surface area (Å²) in [6, 6.07) is 11.2. The van der Waals surface area contributed by atoms with Crippen molar-refractivity contribution in [1.29, 1.82) is 0 Å². The number of aromatic nitrogens is 2. The van der Waals surface area contributed by atoms with E-state index in [9.17, 15) is 9.90 Å². The van der Waals surface area contributed by atoms with Crippen molar-refractivity contribution in [3.63, 3.8) is 0 Å². The van der Waals surface area contributed by atoms with E-state index < -0.39 is 5.97 Å². The molecule has 0 saturated heterocycles. The number of aromatic carboxylic acids is 1. The van der Waals surface area contributed by atoms with Crippen LogP contribution in [0.5, 0.6) is 0 Å². The molecule has 0 fully saturated rings. The lowest BCUT2D eigenvalue weighted by Gasteiger charge is -2.08. The maximum absolute atomic E-state index is 11.4. The van der Waals surface area contributed by atoms with E-state index in [0.717, 1.165) is 22.2 Å². The largest absolute Gasteiger partial charge is 0.478 e. The second-order valence-corrected chi connectivity index (χ2v) is 4.87. The quantitative estimate of drug-likeness (QED) is 0.745. The van der Waals surface area contributed by atoms with Gasteiger partial charge in [0.25, 0.3) is 0 Å². The van der Waals surface area contributed by atoms with Crippen LogP contribution in [0.1, 0.15) is 21.5 Å². The number of aryl methyl sites for hydroxylation is 2. The Morgan fingerprint density at radius 2 is 1.75 bits per heavy atom. The highest BCUT2D eigenvalue weighted by atomic mass is 16.4. The first-order valence-corrected chi connectivity index (χ1v) is 6.36. The standard InChI is InChI=1S/C16H14N2O2/c1-9-5-3-6-10(2)13(9)15-14-11(16(19)20)7-4-8-12(14)17-18-15/h3-8H,1-2H3,(H,17,18)(H,19,20). The van der Waals surface area contributed by atoms with Crippen molar-refractivity contribution in [1.82, 2.24) is 10.2 Å². The van der Waals surface area contributed by atoms with Gasteiger partial charge in [-0.1, -0.05) is 24.3 Å². The van der Waals surface area contributed by atoms with Crippen LogP contribution in [-0.2, 0) is 0 Å². The number of carboxylic acids is 1. The van der Waals surface area contributed by atoms with Crippen molar-refractivity contribution in [2.75, 3.05) is 0 Å². The normalized spacial score (nSPS) is 10.9. The highest BCUT2D eigenvalue weighted by Gasteiger charge is 2.18. The molecule has 3 aromatic rings. The second-order valence-electron chi connectivity index (χ2n) is 4.87. The molecular formula is C16H14N2O2. The molecule has 4 nitrogen and oxygen atoms in total. The molecule has 2 aromatic carbocycles. The molecule has 0 radical (unpaired) electrons. The molecule has 0 spiro atoms. The Labute approximate surface area is 116 Å². The molecular weight excluding hydrogens is 252 g/mol. The number of nitrogens with zero attached hydrogens (tertiary/aromatic N) is 1. The van der Waals surface area contributed by atoms with Crippen LogP contribution in [-0.4, -0.2) is 21.3 Å². The van der Waals surface area contributed by atoms with Gasteiger partial charge in [0, 0.05) is 10.9 Å². The summed E-state index contributed by atoms with van der Waals surface area (Å²) in [5.74, 6) is -0.940. The van der Waals surface area contributed by atoms with Crippen LogP contribution in [0, 0.1) is 13.8 Å². The fraction of sp³-hybridized carbons (Fsp3) is 0.125. The topological polar surface area (TPSA) is 66.0 Å². The predicted octanol–water partition coefficient (Wildman–Crippen LogP) is 3.54. The predicted molar refractivity (Wildman–Crippen MR) is 78.0 cm³/mol. The van der Waals surface area contributed by atoms with Gasteiger partial charge in [-0.2, -0.15) is 5.10 Å². The fourth-order valence-corrected chi connectivity index (χ4v) is 2.62. The van der Waals surface area contributed by atoms with Crippen LogP contribution in [0.3, 0.4) is 0 Å². The van der Waals surface area contributed by atoms with Crippen molar-refractivity contribution in [3.05, 3.63) is 53.1 Å². The number of aromatic amines is 1. The number of hydrogen-bond donors (Lipinski definition) is 2. The summed E-state index contributed by atoms with van der Waals surface area (Å²) in [5.41, 5.74) is 4.87. The number of hydrogen-bond acceptors (Lipinski definition) is 2. The Kier molecular flexibility index (Phi) is 2.79. The van der Waals surface area contributed by atoms with E-state index in [2.05, 4.69) is 10.2 Å². The van der Waals surface area contributed by atoms with Gasteiger partial charge in [0.05, 0.1) is 11.1 Å². The van der Waals surface area contributed by atoms with Gasteiger partial charge >= 0.3 is 5.97 Å². The Bertz CT molecular complexity index is 798. The molecule has 0 bridgehead atoms. The van der Waals surface area contributed by atoms with Crippen LogP contribution in [0.2, 0.25) is 0 Å². The number of nitrogens with one attached hydrogen (secondary N) is 1. The third kappa shape index (κ3) is 1.77. The van der Waals surface area contributed by atoms with Crippen molar-refractivity contribution in [2.24, 2.45) is 0 Å². The van der Waals surface area contributed by atoms with Crippen molar-refractivity contribution in [2.45, 2.75) is 13.8 Å². The molecule has 0 unspecified atom stereocenters. The van der Waals surface area contributed by atoms with Gasteiger partial charge in [0.15, 0.2) is 0 Å². The summed E-state index contributed by atoms with van der Waals surface area (Å²) >= 11 is 0. The number of rotatable bonds is 2. The zero-order valence-corrected chi connectivity index (χ0v) is 11.3. The van der Waals surface area contributed by atoms with E-state index in [4.69, 9.17) is 0 Å². The van der Waals surface area contributed by atoms with Crippen LogP contribution >= 0.6 is 0 Å². The number of carboxylic acid groups (broad SMARTS) is 1. The molecule has 0 amide bonds. The summed E-state index contributed by atoms with van der Waals surface area (Å²) in [5, 5.41) is 17.3. The first-order chi connectivity index (χ1) is 9.59. The van der Waals surface area contributed by atoms with E-state index in [1.54, 1.807) is 12.1 Å². The van der Waals surface area contributed by atoms with Gasteiger partial charge in [0.2, 0.25) is 0 Å². The number of fused-ring (bicyclic) bond motifs is 1. The summed E-state index contributed by atoms with van der Waals surface area (Å²) in [6.07, 6.45) is 0. The zero-order chi connectivity index (χ0) is 14.3. The van der Waals surface area contributed by atoms with Gasteiger partial charge in [-0.25, -0.2) is 4.79 Å². The zero-order valence-electron chi connectivity index (χ0n) is 11.3. The van der Waals surface area contributed by atoms with Crippen molar-refractivity contribution in [3.8, 4) is 11.3 Å². The number of H-pyrrole nitrogens is 1. The van der Waals surface area contributed by atoms with E-state index in [1.165, 1.54) is 0 Å². The molecule has 100 valence electrons. The van der Waals surface area contributed by atoms with E-state index in [0.29, 0.717) is 11.1 Å². The fourth-order valence-electron chi connectivity index (χ4n) is 2.62. The van der Waals surface area contributed by atoms with Crippen molar-refractivity contribution < 1.29 is 9.90 Å². The molecule has 0 aliphatic rings. The molecule has 0 saturated carbocycles. The molecule has 0 aliphatic carbocycles. The first kappa shape index (κ1) is 12.4. The minimum Gasteiger partial charge on any atom is -0.478 e. The van der Waals surface area contributed by atoms with Crippen LogP contribution in [0.25, 0.3) is 22.2 Å². The second kappa shape index (κ2) is 4.49. The smallest absolute Gasteiger partial charge is 0.336 e. The molecule has 0 atom stereocenters. The first-order valence-electron chi connectivity index (χ1n) is 6.36. The molecule has 3 rings (SSSR count). The highest BCUT2D eigenvalue weighted by Crippen LogP contribution is 2.33. The number of benzene rings is 2. The summed E-state index contributed by atoms with van der Waals surface area (Å²) in [7, 11) is 0. The third-order valence-electron chi connectivity index (χ3n) is 3.54. The molecule has 1 aromatic heterocycles. The van der Waals surface area contributed by atoms with Gasteiger partial charge in [-0.15, -0.1) is 0 Å². The molecule has 0 aliphatic heterocycles. The Hall–Kier alpha value is -2.62. The summed E-state index contributed by atoms with van der Waals surface area (Å²) in [4.78, 5) is 11.4. The number of carbonyl (C=O) groups is 1. The van der Waals surface area contributed by atoms with Gasteiger partial charge < -0.3 is 5.11 Å². The van der Waals surface area contributed by atoms with E-state index in [1.807, 2.05) is 38.1 Å². The average Bonchev–Trinajstić information content (AvgIpc) is 2.82. The van der Waals surface area contributed by atoms with E-state index >= 15 is 0 Å². The van der Waals surface area contributed by atoms with Crippen LogP contribution in [0.4, 0.5) is 0 Å². The maximum atomic E-state index is 11.4. The average molecular weight is 266 g/mol. The van der Waals surface area contributed by atoms with Crippen molar-refractivity contribution >= 4 is 16.9 Å². The van der Waals surface area contributed by atoms with Gasteiger partial charge in [-0.3, -0.25) is 5.10 Å². The van der Waals surface area contributed by atoms with Gasteiger partial charge in [-0.05, 0) is 37.1 Å². The lowest BCUT2D eigenvalue weighted by Crippen LogP contribution is -1.98. The molecule has 4 heteroatoms. The molecule has 20 heavy (non-hydrogen) atoms. The molecule has 2 N–H and O–H groups in total. The summed E-state index contributed by atoms with van der Waals surface area (Å²) in [6.45, 7) is 4.01. The third-order valence-corrected chi connectivity index (χ3v) is 3.54. The SMILES string of the molecule is Cc1cccc(C)c1-c1n[nH]c2cccc(C(=O)O)c12. The lowest BCUT2D eigenvalue weighted by atomic mass is 9.96. The Balaban J connectivity index is 2.41. The minimum absolute atomic E-state index is 0.272. The summed E-state index contributed by atoms with van der Waals surface area (Å²) < 4.78 is 0. The monoisotopic (exact) mass is 266 g/mol. The maximum Gasteiger partial charge on any atom is 0.336 e. The Morgan fingerprint density at radius 3 is 2.40 bits per heavy atom. The lowest BCUT2D eigenvalue weighted by molar-refractivity contribution is 0.0699.